The van der Waals surface area contributed by atoms with E-state index < -0.39 is 0 Å². The predicted octanol–water partition coefficient (Wildman–Crippen LogP) is 3.76. The van der Waals surface area contributed by atoms with Gasteiger partial charge in [-0.25, -0.2) is 9.37 Å². The van der Waals surface area contributed by atoms with Crippen molar-refractivity contribution in [3.8, 4) is 0 Å². The van der Waals surface area contributed by atoms with Crippen molar-refractivity contribution in [2.75, 3.05) is 13.1 Å². The van der Waals surface area contributed by atoms with Crippen molar-refractivity contribution in [3.63, 3.8) is 0 Å². The zero-order valence-electron chi connectivity index (χ0n) is 14.6. The summed E-state index contributed by atoms with van der Waals surface area (Å²) in [6, 6.07) is 4.62. The molecule has 4 rings (SSSR count). The number of carbonyl (C=O) groups is 1. The molecule has 1 atom stereocenters. The molecular formula is C20H24FN3O. The Hall–Kier alpha value is -2.17. The number of hydrogen-bond donors (Lipinski definition) is 0. The summed E-state index contributed by atoms with van der Waals surface area (Å²) < 4.78 is 15.7. The Labute approximate surface area is 147 Å². The van der Waals surface area contributed by atoms with Gasteiger partial charge in [-0.3, -0.25) is 4.79 Å². The van der Waals surface area contributed by atoms with Crippen LogP contribution < -0.4 is 0 Å². The molecule has 2 fully saturated rings. The summed E-state index contributed by atoms with van der Waals surface area (Å²) in [5.41, 5.74) is 1.08. The third-order valence-corrected chi connectivity index (χ3v) is 5.38. The molecule has 2 aromatic rings. The highest BCUT2D eigenvalue weighted by molar-refractivity contribution is 5.94. The third kappa shape index (κ3) is 3.46. The summed E-state index contributed by atoms with van der Waals surface area (Å²) in [6.45, 7) is 4.20. The number of amides is 1. The van der Waals surface area contributed by atoms with Crippen LogP contribution in [0.25, 0.3) is 0 Å². The molecule has 1 saturated carbocycles. The van der Waals surface area contributed by atoms with E-state index >= 15 is 0 Å². The lowest BCUT2D eigenvalue weighted by Crippen LogP contribution is -2.39. The zero-order valence-corrected chi connectivity index (χ0v) is 14.6. The van der Waals surface area contributed by atoms with Gasteiger partial charge in [0.25, 0.3) is 5.91 Å². The van der Waals surface area contributed by atoms with Crippen LogP contribution in [0.2, 0.25) is 0 Å². The summed E-state index contributed by atoms with van der Waals surface area (Å²) in [7, 11) is 0. The van der Waals surface area contributed by atoms with E-state index in [0.717, 1.165) is 37.7 Å². The van der Waals surface area contributed by atoms with E-state index in [1.54, 1.807) is 19.1 Å². The van der Waals surface area contributed by atoms with Gasteiger partial charge < -0.3 is 9.47 Å². The first kappa shape index (κ1) is 16.3. The van der Waals surface area contributed by atoms with Gasteiger partial charge in [0.1, 0.15) is 11.6 Å². The van der Waals surface area contributed by atoms with Crippen LogP contribution in [-0.4, -0.2) is 33.4 Å². The lowest BCUT2D eigenvalue weighted by Gasteiger charge is -2.33. The fraction of sp³-hybridized carbons (Fsp3) is 0.500. The van der Waals surface area contributed by atoms with Crippen LogP contribution in [0, 0.1) is 18.7 Å². The van der Waals surface area contributed by atoms with Gasteiger partial charge >= 0.3 is 0 Å². The monoisotopic (exact) mass is 341 g/mol. The summed E-state index contributed by atoms with van der Waals surface area (Å²) in [4.78, 5) is 19.3. The second-order valence-electron chi connectivity index (χ2n) is 7.44. The summed E-state index contributed by atoms with van der Waals surface area (Å²) in [5, 5.41) is 0. The van der Waals surface area contributed by atoms with Gasteiger partial charge in [0.15, 0.2) is 0 Å². The minimum absolute atomic E-state index is 0.00639. The fourth-order valence-electron chi connectivity index (χ4n) is 3.75. The molecule has 1 aliphatic heterocycles. The summed E-state index contributed by atoms with van der Waals surface area (Å²) >= 11 is 0. The second kappa shape index (κ2) is 6.62. The van der Waals surface area contributed by atoms with E-state index in [2.05, 4.69) is 15.7 Å². The molecule has 1 amide bonds. The maximum Gasteiger partial charge on any atom is 0.253 e. The number of halogens is 1. The quantitative estimate of drug-likeness (QED) is 0.849. The molecule has 1 aromatic heterocycles. The molecule has 0 unspecified atom stereocenters. The number of imidazole rings is 1. The van der Waals surface area contributed by atoms with Gasteiger partial charge in [-0.1, -0.05) is 0 Å². The average molecular weight is 341 g/mol. The zero-order chi connectivity index (χ0) is 17.4. The third-order valence-electron chi connectivity index (χ3n) is 5.38. The largest absolute Gasteiger partial charge is 0.338 e. The summed E-state index contributed by atoms with van der Waals surface area (Å²) in [5.74, 6) is 1.92. The van der Waals surface area contributed by atoms with Gasteiger partial charge in [0.2, 0.25) is 0 Å². The minimum Gasteiger partial charge on any atom is -0.338 e. The van der Waals surface area contributed by atoms with Crippen LogP contribution in [0.4, 0.5) is 4.39 Å². The molecule has 1 aliphatic carbocycles. The van der Waals surface area contributed by atoms with Gasteiger partial charge in [-0.05, 0) is 62.3 Å². The molecule has 5 heteroatoms. The molecule has 0 spiro atoms. The molecular weight excluding hydrogens is 317 g/mol. The Balaban J connectivity index is 1.49. The van der Waals surface area contributed by atoms with Gasteiger partial charge in [0, 0.05) is 43.5 Å². The molecule has 2 aliphatic rings. The normalized spacial score (nSPS) is 20.7. The van der Waals surface area contributed by atoms with Crippen molar-refractivity contribution in [1.29, 1.82) is 0 Å². The van der Waals surface area contributed by atoms with Crippen LogP contribution in [0.5, 0.6) is 0 Å². The maximum absolute atomic E-state index is 13.5. The molecule has 4 nitrogen and oxygen atoms in total. The van der Waals surface area contributed by atoms with Crippen molar-refractivity contribution < 1.29 is 9.18 Å². The number of piperidine rings is 1. The molecule has 1 aromatic carbocycles. The van der Waals surface area contributed by atoms with Crippen molar-refractivity contribution >= 4 is 5.91 Å². The number of carbonyl (C=O) groups excluding carboxylic acids is 1. The van der Waals surface area contributed by atoms with Crippen LogP contribution in [0.3, 0.4) is 0 Å². The lowest BCUT2D eigenvalue weighted by atomic mass is 9.96. The number of rotatable bonds is 4. The Morgan fingerprint density at radius 3 is 2.92 bits per heavy atom. The van der Waals surface area contributed by atoms with E-state index in [1.807, 2.05) is 11.1 Å². The number of nitrogens with zero attached hydrogens (tertiary/aromatic N) is 3. The van der Waals surface area contributed by atoms with E-state index in [0.29, 0.717) is 17.7 Å². The maximum atomic E-state index is 13.5. The molecule has 25 heavy (non-hydrogen) atoms. The Morgan fingerprint density at radius 1 is 1.32 bits per heavy atom. The van der Waals surface area contributed by atoms with Crippen LogP contribution >= 0.6 is 0 Å². The predicted molar refractivity (Wildman–Crippen MR) is 94.0 cm³/mol. The molecule has 0 radical (unpaired) electrons. The Kier molecular flexibility index (Phi) is 4.32. The molecule has 0 N–H and O–H groups in total. The van der Waals surface area contributed by atoms with Crippen LogP contribution in [-0.2, 0) is 6.54 Å². The van der Waals surface area contributed by atoms with Crippen molar-refractivity contribution in [1.82, 2.24) is 14.5 Å². The fourth-order valence-corrected chi connectivity index (χ4v) is 3.75. The molecule has 0 bridgehead atoms. The highest BCUT2D eigenvalue weighted by Crippen LogP contribution is 2.33. The first-order valence-corrected chi connectivity index (χ1v) is 9.18. The van der Waals surface area contributed by atoms with E-state index in [4.69, 9.17) is 0 Å². The van der Waals surface area contributed by atoms with Crippen LogP contribution in [0.1, 0.15) is 53.3 Å². The molecule has 2 heterocycles. The highest BCUT2D eigenvalue weighted by Gasteiger charge is 2.29. The van der Waals surface area contributed by atoms with Crippen molar-refractivity contribution in [3.05, 3.63) is 53.4 Å². The summed E-state index contributed by atoms with van der Waals surface area (Å²) in [6.07, 6.45) is 8.62. The smallest absolute Gasteiger partial charge is 0.253 e. The lowest BCUT2D eigenvalue weighted by molar-refractivity contribution is 0.0703. The number of benzene rings is 1. The number of aryl methyl sites for hydroxylation is 1. The van der Waals surface area contributed by atoms with E-state index in [9.17, 15) is 9.18 Å². The number of aromatic nitrogens is 2. The standard InChI is InChI=1S/C20H24FN3O/c1-14-11-16(6-7-18(14)21)20(25)24-9-2-3-17(13-24)19-22-8-10-23(19)12-15-4-5-15/h6-8,10-11,15,17H,2-5,9,12-13H2,1H3/t17-/m1/s1. The van der Waals surface area contributed by atoms with Crippen molar-refractivity contribution in [2.45, 2.75) is 45.1 Å². The minimum atomic E-state index is -0.268. The molecule has 132 valence electrons. The highest BCUT2D eigenvalue weighted by atomic mass is 19.1. The van der Waals surface area contributed by atoms with Gasteiger partial charge in [-0.2, -0.15) is 0 Å². The van der Waals surface area contributed by atoms with Gasteiger partial charge in [-0.15, -0.1) is 0 Å². The first-order chi connectivity index (χ1) is 12.1. The average Bonchev–Trinajstić information content (AvgIpc) is 3.32. The SMILES string of the molecule is Cc1cc(C(=O)N2CCC[C@@H](c3nccn3CC3CC3)C2)ccc1F. The number of hydrogen-bond acceptors (Lipinski definition) is 2. The van der Waals surface area contributed by atoms with Gasteiger partial charge in [0.05, 0.1) is 0 Å². The Bertz CT molecular complexity index is 781. The Morgan fingerprint density at radius 2 is 2.16 bits per heavy atom. The second-order valence-corrected chi connectivity index (χ2v) is 7.44. The van der Waals surface area contributed by atoms with E-state index in [1.165, 1.54) is 18.9 Å². The topological polar surface area (TPSA) is 38.1 Å². The van der Waals surface area contributed by atoms with E-state index in [-0.39, 0.29) is 17.6 Å². The molecule has 1 saturated heterocycles. The van der Waals surface area contributed by atoms with Crippen LogP contribution in [0.15, 0.2) is 30.6 Å². The van der Waals surface area contributed by atoms with Crippen molar-refractivity contribution in [2.24, 2.45) is 5.92 Å². The number of likely N-dealkylation sites (tertiary alicyclic amines) is 1. The first-order valence-electron chi connectivity index (χ1n) is 9.18.